The zero-order valence-corrected chi connectivity index (χ0v) is 14.9. The van der Waals surface area contributed by atoms with E-state index in [1.165, 1.54) is 17.5 Å². The quantitative estimate of drug-likeness (QED) is 0.704. The van der Waals surface area contributed by atoms with Crippen LogP contribution in [0.3, 0.4) is 0 Å². The number of aromatic nitrogens is 5. The first kappa shape index (κ1) is 16.2. The Morgan fingerprint density at radius 2 is 1.92 bits per heavy atom. The summed E-state index contributed by atoms with van der Waals surface area (Å²) in [5.41, 5.74) is 3.20. The Bertz CT molecular complexity index is 1020. The minimum absolute atomic E-state index is 0.256. The van der Waals surface area contributed by atoms with E-state index in [9.17, 15) is 8.42 Å². The third kappa shape index (κ3) is 2.82. The molecule has 25 heavy (non-hydrogen) atoms. The largest absolute Gasteiger partial charge is 0.413 e. The second-order valence-electron chi connectivity index (χ2n) is 6.58. The molecule has 0 aliphatic heterocycles. The van der Waals surface area contributed by atoms with Gasteiger partial charge in [0.2, 0.25) is 15.7 Å². The van der Waals surface area contributed by atoms with Crippen LogP contribution in [0.4, 0.5) is 0 Å². The highest BCUT2D eigenvalue weighted by Crippen LogP contribution is 2.38. The molecule has 132 valence electrons. The molecule has 0 amide bonds. The van der Waals surface area contributed by atoms with E-state index in [1.807, 2.05) is 12.3 Å². The first-order valence-electron chi connectivity index (χ1n) is 8.29. The van der Waals surface area contributed by atoms with E-state index in [4.69, 9.17) is 4.42 Å². The Hall–Kier alpha value is -2.29. The van der Waals surface area contributed by atoms with Crippen molar-refractivity contribution in [2.75, 3.05) is 0 Å². The molecule has 3 heterocycles. The van der Waals surface area contributed by atoms with Gasteiger partial charge in [0.05, 0.1) is 5.25 Å². The Morgan fingerprint density at radius 3 is 2.60 bits per heavy atom. The molecule has 4 rings (SSSR count). The van der Waals surface area contributed by atoms with Crippen LogP contribution in [0.5, 0.6) is 0 Å². The minimum Gasteiger partial charge on any atom is -0.413 e. The highest BCUT2D eigenvalue weighted by Gasteiger charge is 2.36. The molecule has 1 aliphatic carbocycles. The molecule has 0 N–H and O–H groups in total. The smallest absolute Gasteiger partial charge is 0.335 e. The molecule has 0 aromatic carbocycles. The van der Waals surface area contributed by atoms with Crippen LogP contribution in [0, 0.1) is 13.8 Å². The van der Waals surface area contributed by atoms with Crippen LogP contribution in [0.15, 0.2) is 28.2 Å². The van der Waals surface area contributed by atoms with Gasteiger partial charge in [-0.15, -0.1) is 5.10 Å². The van der Waals surface area contributed by atoms with Crippen molar-refractivity contribution in [3.63, 3.8) is 0 Å². The number of aryl methyl sites for hydroxylation is 2. The molecule has 1 saturated carbocycles. The van der Waals surface area contributed by atoms with Gasteiger partial charge >= 0.3 is 5.22 Å². The number of pyridine rings is 1. The van der Waals surface area contributed by atoms with Crippen molar-refractivity contribution in [1.82, 2.24) is 24.8 Å². The lowest BCUT2D eigenvalue weighted by Crippen LogP contribution is -2.27. The van der Waals surface area contributed by atoms with Crippen LogP contribution in [0.1, 0.15) is 48.6 Å². The lowest BCUT2D eigenvalue weighted by Gasteiger charge is -2.28. The molecule has 3 aromatic rings. The fourth-order valence-corrected chi connectivity index (χ4v) is 5.19. The van der Waals surface area contributed by atoms with Crippen molar-refractivity contribution in [3.05, 3.63) is 35.6 Å². The van der Waals surface area contributed by atoms with Crippen molar-refractivity contribution in [2.45, 2.75) is 55.9 Å². The van der Waals surface area contributed by atoms with Crippen LogP contribution >= 0.6 is 0 Å². The molecule has 3 aromatic heterocycles. The highest BCUT2D eigenvalue weighted by atomic mass is 32.2. The zero-order valence-electron chi connectivity index (χ0n) is 14.1. The Kier molecular flexibility index (Phi) is 3.82. The fraction of sp³-hybridized carbons (Fsp3) is 0.500. The molecule has 0 saturated heterocycles. The molecule has 1 fully saturated rings. The van der Waals surface area contributed by atoms with Crippen molar-refractivity contribution in [3.8, 4) is 0 Å². The molecule has 1 aliphatic rings. The molecule has 0 atom stereocenters. The minimum atomic E-state index is -3.55. The van der Waals surface area contributed by atoms with E-state index in [2.05, 4.69) is 27.2 Å². The van der Waals surface area contributed by atoms with Crippen LogP contribution in [0.25, 0.3) is 5.65 Å². The third-order valence-electron chi connectivity index (χ3n) is 4.97. The van der Waals surface area contributed by atoms with Crippen LogP contribution in [0.2, 0.25) is 0 Å². The van der Waals surface area contributed by atoms with E-state index >= 15 is 0 Å². The van der Waals surface area contributed by atoms with Crippen molar-refractivity contribution >= 4 is 15.5 Å². The zero-order chi connectivity index (χ0) is 17.6. The number of nitrogens with zero attached hydrogens (tertiary/aromatic N) is 5. The summed E-state index contributed by atoms with van der Waals surface area (Å²) in [4.78, 5) is 4.19. The van der Waals surface area contributed by atoms with E-state index in [0.29, 0.717) is 18.8 Å². The molecule has 0 spiro atoms. The molecular weight excluding hydrogens is 342 g/mol. The topological polar surface area (TPSA) is 103 Å². The maximum atomic E-state index is 12.6. The number of hydrogen-bond donors (Lipinski definition) is 0. The van der Waals surface area contributed by atoms with Crippen molar-refractivity contribution in [1.29, 1.82) is 0 Å². The SMILES string of the molecule is Cc1nnc(S(=O)(=O)C2CCC(c3cn4ncnc4cc3C)CC2)o1. The van der Waals surface area contributed by atoms with E-state index in [-0.39, 0.29) is 11.1 Å². The summed E-state index contributed by atoms with van der Waals surface area (Å²) in [6, 6.07) is 2.02. The predicted molar refractivity (Wildman–Crippen MR) is 88.9 cm³/mol. The van der Waals surface area contributed by atoms with Gasteiger partial charge in [-0.2, -0.15) is 5.10 Å². The molecule has 0 radical (unpaired) electrons. The van der Waals surface area contributed by atoms with Gasteiger partial charge < -0.3 is 4.42 Å². The number of hydrogen-bond acceptors (Lipinski definition) is 7. The molecule has 8 nitrogen and oxygen atoms in total. The normalized spacial score (nSPS) is 21.7. The van der Waals surface area contributed by atoms with E-state index < -0.39 is 15.1 Å². The molecule has 0 bridgehead atoms. The summed E-state index contributed by atoms with van der Waals surface area (Å²) in [5, 5.41) is 10.8. The van der Waals surface area contributed by atoms with Gasteiger partial charge in [0.25, 0.3) is 0 Å². The van der Waals surface area contributed by atoms with Crippen LogP contribution < -0.4 is 0 Å². The first-order valence-corrected chi connectivity index (χ1v) is 9.83. The number of rotatable bonds is 3. The summed E-state index contributed by atoms with van der Waals surface area (Å²) < 4.78 is 32.2. The average molecular weight is 361 g/mol. The summed E-state index contributed by atoms with van der Waals surface area (Å²) in [6.45, 7) is 3.65. The summed E-state index contributed by atoms with van der Waals surface area (Å²) >= 11 is 0. The lowest BCUT2D eigenvalue weighted by atomic mass is 9.83. The third-order valence-corrected chi connectivity index (χ3v) is 6.97. The predicted octanol–water partition coefficient (Wildman–Crippen LogP) is 2.23. The van der Waals surface area contributed by atoms with Gasteiger partial charge in [-0.25, -0.2) is 17.9 Å². The summed E-state index contributed by atoms with van der Waals surface area (Å²) in [7, 11) is -3.55. The number of fused-ring (bicyclic) bond motifs is 1. The Morgan fingerprint density at radius 1 is 1.16 bits per heavy atom. The standard InChI is InChI=1S/C16H19N5O3S/c1-10-7-15-17-9-18-21(15)8-14(10)12-3-5-13(6-4-12)25(22,23)16-20-19-11(2)24-16/h7-9,12-13H,3-6H2,1-2H3. The Labute approximate surface area is 145 Å². The van der Waals surface area contributed by atoms with E-state index in [1.54, 1.807) is 11.4 Å². The van der Waals surface area contributed by atoms with Crippen LogP contribution in [-0.4, -0.2) is 38.5 Å². The fourth-order valence-electron chi connectivity index (χ4n) is 3.62. The molecular formula is C16H19N5O3S. The first-order chi connectivity index (χ1) is 11.9. The summed E-state index contributed by atoms with van der Waals surface area (Å²) in [5.74, 6) is 0.591. The maximum Gasteiger partial charge on any atom is 0.335 e. The van der Waals surface area contributed by atoms with Gasteiger partial charge in [-0.3, -0.25) is 0 Å². The van der Waals surface area contributed by atoms with Gasteiger partial charge in [0.1, 0.15) is 6.33 Å². The second kappa shape index (κ2) is 5.91. The number of sulfone groups is 1. The van der Waals surface area contributed by atoms with Gasteiger partial charge in [-0.1, -0.05) is 5.10 Å². The highest BCUT2D eigenvalue weighted by molar-refractivity contribution is 7.91. The van der Waals surface area contributed by atoms with Crippen molar-refractivity contribution < 1.29 is 12.8 Å². The van der Waals surface area contributed by atoms with Gasteiger partial charge in [-0.05, 0) is 55.7 Å². The average Bonchev–Trinajstić information content (AvgIpc) is 3.23. The van der Waals surface area contributed by atoms with Gasteiger partial charge in [0.15, 0.2) is 5.65 Å². The Balaban J connectivity index is 1.53. The van der Waals surface area contributed by atoms with Gasteiger partial charge in [0, 0.05) is 13.1 Å². The second-order valence-corrected chi connectivity index (χ2v) is 8.69. The van der Waals surface area contributed by atoms with E-state index in [0.717, 1.165) is 18.5 Å². The monoisotopic (exact) mass is 361 g/mol. The summed E-state index contributed by atoms with van der Waals surface area (Å²) in [6.07, 6.45) is 6.33. The maximum absolute atomic E-state index is 12.6. The van der Waals surface area contributed by atoms with Crippen LogP contribution in [-0.2, 0) is 9.84 Å². The lowest BCUT2D eigenvalue weighted by molar-refractivity contribution is 0.390. The van der Waals surface area contributed by atoms with Crippen molar-refractivity contribution in [2.24, 2.45) is 0 Å². The molecule has 0 unspecified atom stereocenters. The molecule has 9 heteroatoms.